The van der Waals surface area contributed by atoms with Gasteiger partial charge < -0.3 is 5.32 Å². The third kappa shape index (κ3) is 3.55. The van der Waals surface area contributed by atoms with E-state index in [1.807, 2.05) is 30.7 Å². The molecule has 2 aromatic heterocycles. The molecule has 0 radical (unpaired) electrons. The van der Waals surface area contributed by atoms with Crippen molar-refractivity contribution in [2.45, 2.75) is 42.3 Å². The lowest BCUT2D eigenvalue weighted by atomic mass is 10.2. The summed E-state index contributed by atoms with van der Waals surface area (Å²) in [5, 5.41) is 4.58. The Kier molecular flexibility index (Phi) is 3.80. The maximum atomic E-state index is 4.57. The Hall–Kier alpha value is -1.39. The largest absolute Gasteiger partial charge is 0.310 e. The minimum Gasteiger partial charge on any atom is -0.310 e. The second-order valence-electron chi connectivity index (χ2n) is 4.91. The van der Waals surface area contributed by atoms with Gasteiger partial charge >= 0.3 is 0 Å². The quantitative estimate of drug-likeness (QED) is 0.906. The summed E-state index contributed by atoms with van der Waals surface area (Å²) < 4.78 is 0. The fourth-order valence-corrected chi connectivity index (χ4v) is 2.70. The monoisotopic (exact) mass is 271 g/mol. The molecule has 0 aliphatic heterocycles. The molecule has 1 fully saturated rings. The summed E-state index contributed by atoms with van der Waals surface area (Å²) in [6.45, 7) is 3.05. The van der Waals surface area contributed by atoms with Crippen molar-refractivity contribution >= 4 is 11.8 Å². The standard InChI is InChI=1S/C15H17N3S/c1-11-8-12(9-17-13-2-3-13)10-18-15(11)19-14-4-6-16-7-5-14/h4-8,10,13,17H,2-3,9H2,1H3. The molecule has 0 unspecified atom stereocenters. The summed E-state index contributed by atoms with van der Waals surface area (Å²) in [5.41, 5.74) is 2.50. The van der Waals surface area contributed by atoms with E-state index in [9.17, 15) is 0 Å². The van der Waals surface area contributed by atoms with Crippen molar-refractivity contribution in [3.05, 3.63) is 47.9 Å². The van der Waals surface area contributed by atoms with E-state index in [2.05, 4.69) is 28.3 Å². The van der Waals surface area contributed by atoms with Gasteiger partial charge in [-0.15, -0.1) is 0 Å². The summed E-state index contributed by atoms with van der Waals surface area (Å²) in [4.78, 5) is 9.78. The van der Waals surface area contributed by atoms with Crippen LogP contribution in [0, 0.1) is 6.92 Å². The number of aromatic nitrogens is 2. The van der Waals surface area contributed by atoms with Crippen LogP contribution < -0.4 is 5.32 Å². The maximum Gasteiger partial charge on any atom is 0.104 e. The molecule has 0 spiro atoms. The average molecular weight is 271 g/mol. The van der Waals surface area contributed by atoms with E-state index in [4.69, 9.17) is 0 Å². The Bertz CT molecular complexity index is 553. The molecule has 2 aromatic rings. The molecule has 0 saturated heterocycles. The number of pyridine rings is 2. The van der Waals surface area contributed by atoms with Crippen molar-refractivity contribution in [1.29, 1.82) is 0 Å². The van der Waals surface area contributed by atoms with Crippen molar-refractivity contribution in [1.82, 2.24) is 15.3 Å². The summed E-state index contributed by atoms with van der Waals surface area (Å²) in [7, 11) is 0. The molecule has 2 heterocycles. The van der Waals surface area contributed by atoms with Crippen molar-refractivity contribution in [2.75, 3.05) is 0 Å². The Morgan fingerprint density at radius 2 is 2.11 bits per heavy atom. The van der Waals surface area contributed by atoms with Crippen LogP contribution in [0.5, 0.6) is 0 Å². The van der Waals surface area contributed by atoms with E-state index < -0.39 is 0 Å². The van der Waals surface area contributed by atoms with E-state index in [0.717, 1.165) is 17.6 Å². The Labute approximate surface area is 117 Å². The van der Waals surface area contributed by atoms with Gasteiger partial charge in [0.1, 0.15) is 5.03 Å². The molecule has 1 aliphatic carbocycles. The van der Waals surface area contributed by atoms with Gasteiger partial charge in [0.2, 0.25) is 0 Å². The lowest BCUT2D eigenvalue weighted by Gasteiger charge is -2.08. The van der Waals surface area contributed by atoms with Gasteiger partial charge in [-0.25, -0.2) is 4.98 Å². The number of nitrogens with one attached hydrogen (secondary N) is 1. The van der Waals surface area contributed by atoms with Crippen molar-refractivity contribution in [3.8, 4) is 0 Å². The first kappa shape index (κ1) is 12.6. The average Bonchev–Trinajstić information content (AvgIpc) is 3.25. The van der Waals surface area contributed by atoms with Crippen LogP contribution in [-0.2, 0) is 6.54 Å². The van der Waals surface area contributed by atoms with Crippen molar-refractivity contribution in [2.24, 2.45) is 0 Å². The molecular weight excluding hydrogens is 254 g/mol. The fraction of sp³-hybridized carbons (Fsp3) is 0.333. The highest BCUT2D eigenvalue weighted by molar-refractivity contribution is 7.99. The Morgan fingerprint density at radius 3 is 2.79 bits per heavy atom. The van der Waals surface area contributed by atoms with E-state index in [0.29, 0.717) is 0 Å². The number of hydrogen-bond donors (Lipinski definition) is 1. The van der Waals surface area contributed by atoms with Crippen LogP contribution in [0.15, 0.2) is 46.7 Å². The summed E-state index contributed by atoms with van der Waals surface area (Å²) >= 11 is 1.69. The molecule has 98 valence electrons. The van der Waals surface area contributed by atoms with E-state index >= 15 is 0 Å². The molecule has 0 aromatic carbocycles. The zero-order valence-corrected chi connectivity index (χ0v) is 11.8. The molecule has 1 N–H and O–H groups in total. The molecule has 0 atom stereocenters. The highest BCUT2D eigenvalue weighted by Gasteiger charge is 2.20. The predicted octanol–water partition coefficient (Wildman–Crippen LogP) is 3.19. The van der Waals surface area contributed by atoms with Gasteiger partial charge in [-0.2, -0.15) is 0 Å². The lowest BCUT2D eigenvalue weighted by molar-refractivity contribution is 0.684. The Morgan fingerprint density at radius 1 is 1.32 bits per heavy atom. The van der Waals surface area contributed by atoms with Crippen LogP contribution in [0.25, 0.3) is 0 Å². The first-order valence-electron chi connectivity index (χ1n) is 6.58. The number of nitrogens with zero attached hydrogens (tertiary/aromatic N) is 2. The zero-order valence-electron chi connectivity index (χ0n) is 11.0. The van der Waals surface area contributed by atoms with Crippen LogP contribution in [-0.4, -0.2) is 16.0 Å². The van der Waals surface area contributed by atoms with Crippen molar-refractivity contribution in [3.63, 3.8) is 0 Å². The van der Waals surface area contributed by atoms with Gasteiger partial charge in [0.05, 0.1) is 0 Å². The molecule has 0 amide bonds. The summed E-state index contributed by atoms with van der Waals surface area (Å²) in [5.74, 6) is 0. The summed E-state index contributed by atoms with van der Waals surface area (Å²) in [6, 6.07) is 6.99. The first-order chi connectivity index (χ1) is 9.31. The maximum absolute atomic E-state index is 4.57. The minimum absolute atomic E-state index is 0.742. The zero-order chi connectivity index (χ0) is 13.1. The van der Waals surface area contributed by atoms with Gasteiger partial charge in [0.15, 0.2) is 0 Å². The Balaban J connectivity index is 1.68. The first-order valence-corrected chi connectivity index (χ1v) is 7.40. The van der Waals surface area contributed by atoms with Crippen molar-refractivity contribution < 1.29 is 0 Å². The lowest BCUT2D eigenvalue weighted by Crippen LogP contribution is -2.15. The second kappa shape index (κ2) is 5.72. The molecule has 4 heteroatoms. The normalized spacial score (nSPS) is 14.6. The van der Waals surface area contributed by atoms with Gasteiger partial charge in [0.25, 0.3) is 0 Å². The summed E-state index contributed by atoms with van der Waals surface area (Å²) in [6.07, 6.45) is 8.24. The number of hydrogen-bond acceptors (Lipinski definition) is 4. The van der Waals surface area contributed by atoms with E-state index in [1.54, 1.807) is 11.8 Å². The van der Waals surface area contributed by atoms with Gasteiger partial charge in [-0.1, -0.05) is 17.8 Å². The number of aryl methyl sites for hydroxylation is 1. The van der Waals surface area contributed by atoms with Gasteiger partial charge in [-0.05, 0) is 43.0 Å². The van der Waals surface area contributed by atoms with E-state index in [1.165, 1.54) is 28.9 Å². The second-order valence-corrected chi connectivity index (χ2v) is 5.97. The molecule has 1 saturated carbocycles. The fourth-order valence-electron chi connectivity index (χ4n) is 1.89. The van der Waals surface area contributed by atoms with Crippen LogP contribution in [0.4, 0.5) is 0 Å². The predicted molar refractivity (Wildman–Crippen MR) is 77.2 cm³/mol. The highest BCUT2D eigenvalue weighted by atomic mass is 32.2. The van der Waals surface area contributed by atoms with Gasteiger partial charge in [0, 0.05) is 36.1 Å². The van der Waals surface area contributed by atoms with E-state index in [-0.39, 0.29) is 0 Å². The smallest absolute Gasteiger partial charge is 0.104 e. The molecule has 3 nitrogen and oxygen atoms in total. The molecular formula is C15H17N3S. The third-order valence-corrected chi connectivity index (χ3v) is 4.25. The van der Waals surface area contributed by atoms with Gasteiger partial charge in [-0.3, -0.25) is 4.98 Å². The highest BCUT2D eigenvalue weighted by Crippen LogP contribution is 2.28. The molecule has 3 rings (SSSR count). The van der Waals surface area contributed by atoms with Crippen LogP contribution in [0.1, 0.15) is 24.0 Å². The van der Waals surface area contributed by atoms with Crippen LogP contribution in [0.3, 0.4) is 0 Å². The molecule has 19 heavy (non-hydrogen) atoms. The van der Waals surface area contributed by atoms with Crippen LogP contribution in [0.2, 0.25) is 0 Å². The topological polar surface area (TPSA) is 37.8 Å². The molecule has 0 bridgehead atoms. The SMILES string of the molecule is Cc1cc(CNC2CC2)cnc1Sc1ccncc1. The molecule has 1 aliphatic rings. The minimum atomic E-state index is 0.742. The van der Waals surface area contributed by atoms with Crippen LogP contribution >= 0.6 is 11.8 Å². The third-order valence-electron chi connectivity index (χ3n) is 3.12. The number of rotatable bonds is 5.